The summed E-state index contributed by atoms with van der Waals surface area (Å²) < 4.78 is 14.3. The van der Waals surface area contributed by atoms with Gasteiger partial charge in [-0.05, 0) is 48.2 Å². The first-order valence-electron chi connectivity index (χ1n) is 13.0. The number of aliphatic hydroxyl groups is 1. The molecule has 3 aromatic rings. The number of nitrogens with one attached hydrogen (secondary N) is 1. The summed E-state index contributed by atoms with van der Waals surface area (Å²) in [5, 5.41) is 10.7. The van der Waals surface area contributed by atoms with Gasteiger partial charge in [0.2, 0.25) is 5.91 Å². The van der Waals surface area contributed by atoms with Gasteiger partial charge in [-0.15, -0.1) is 0 Å². The lowest BCUT2D eigenvalue weighted by atomic mass is 9.78. The van der Waals surface area contributed by atoms with Crippen LogP contribution in [0.15, 0.2) is 36.5 Å². The maximum Gasteiger partial charge on any atom is 0.236 e. The third-order valence-corrected chi connectivity index (χ3v) is 8.41. The van der Waals surface area contributed by atoms with Crippen LogP contribution in [0.2, 0.25) is 0 Å². The van der Waals surface area contributed by atoms with Crippen LogP contribution in [0.5, 0.6) is 0 Å². The maximum absolute atomic E-state index is 14.3. The Hall–Kier alpha value is -3.23. The van der Waals surface area contributed by atoms with E-state index in [0.29, 0.717) is 32.5 Å². The first-order valence-corrected chi connectivity index (χ1v) is 13.0. The van der Waals surface area contributed by atoms with Crippen molar-refractivity contribution < 1.29 is 14.3 Å². The molecule has 37 heavy (non-hydrogen) atoms. The molecule has 6 rings (SSSR count). The molecule has 0 radical (unpaired) electrons. The second-order valence-corrected chi connectivity index (χ2v) is 11.5. The lowest BCUT2D eigenvalue weighted by Gasteiger charge is -2.41. The van der Waals surface area contributed by atoms with Gasteiger partial charge in [0.25, 0.3) is 0 Å². The lowest BCUT2D eigenvalue weighted by molar-refractivity contribution is -0.137. The molecule has 2 aliphatic heterocycles. The molecule has 1 fully saturated rings. The van der Waals surface area contributed by atoms with Crippen molar-refractivity contribution in [3.63, 3.8) is 0 Å². The first kappa shape index (κ1) is 24.1. The number of aliphatic hydroxyl groups excluding tert-OH is 1. The van der Waals surface area contributed by atoms with Crippen LogP contribution in [0, 0.1) is 11.2 Å². The van der Waals surface area contributed by atoms with Crippen LogP contribution in [-0.4, -0.2) is 76.7 Å². The van der Waals surface area contributed by atoms with E-state index >= 15 is 0 Å². The molecule has 0 bridgehead atoms. The third-order valence-electron chi connectivity index (χ3n) is 8.41. The Balaban J connectivity index is 1.33. The molecule has 7 nitrogen and oxygen atoms in total. The predicted molar refractivity (Wildman–Crippen MR) is 144 cm³/mol. The average molecular weight is 504 g/mol. The van der Waals surface area contributed by atoms with E-state index in [1.165, 1.54) is 17.2 Å². The second-order valence-electron chi connectivity index (χ2n) is 11.5. The number of amides is 1. The molecule has 194 valence electrons. The summed E-state index contributed by atoms with van der Waals surface area (Å²) >= 11 is 0. The van der Waals surface area contributed by atoms with Gasteiger partial charge in [-0.1, -0.05) is 19.9 Å². The van der Waals surface area contributed by atoms with Crippen molar-refractivity contribution in [2.75, 3.05) is 38.6 Å². The molecule has 0 unspecified atom stereocenters. The number of carbonyl (C=O) groups excluding carboxylic acids is 1. The highest BCUT2D eigenvalue weighted by atomic mass is 19.1. The number of nitrogens with zero attached hydrogens (tertiary/aromatic N) is 4. The van der Waals surface area contributed by atoms with Gasteiger partial charge in [0.1, 0.15) is 11.5 Å². The summed E-state index contributed by atoms with van der Waals surface area (Å²) in [4.78, 5) is 27.3. The summed E-state index contributed by atoms with van der Waals surface area (Å²) in [6.07, 6.45) is 5.08. The van der Waals surface area contributed by atoms with Gasteiger partial charge < -0.3 is 19.9 Å². The van der Waals surface area contributed by atoms with Crippen molar-refractivity contribution in [1.29, 1.82) is 0 Å². The summed E-state index contributed by atoms with van der Waals surface area (Å²) in [5.41, 5.74) is 6.95. The number of pyridine rings is 1. The number of anilines is 1. The number of carbonyl (C=O) groups is 1. The molecule has 2 aromatic heterocycles. The fourth-order valence-corrected chi connectivity index (χ4v) is 6.32. The summed E-state index contributed by atoms with van der Waals surface area (Å²) in [7, 11) is 3.89. The van der Waals surface area contributed by atoms with Crippen LogP contribution in [0.3, 0.4) is 0 Å². The highest BCUT2D eigenvalue weighted by Gasteiger charge is 2.37. The number of hydrogen-bond donors (Lipinski definition) is 2. The molecular formula is C29H34FN5O2. The Morgan fingerprint density at radius 2 is 2.05 bits per heavy atom. The molecule has 2 N–H and O–H groups in total. The zero-order valence-corrected chi connectivity index (χ0v) is 21.9. The Kier molecular flexibility index (Phi) is 5.65. The zero-order valence-electron chi connectivity index (χ0n) is 21.9. The average Bonchev–Trinajstić information content (AvgIpc) is 3.12. The monoisotopic (exact) mass is 503 g/mol. The fourth-order valence-electron chi connectivity index (χ4n) is 6.32. The number of aromatic amines is 1. The minimum absolute atomic E-state index is 0.0993. The second kappa shape index (κ2) is 8.67. The van der Waals surface area contributed by atoms with E-state index in [0.717, 1.165) is 40.1 Å². The molecule has 0 atom stereocenters. The minimum Gasteiger partial charge on any atom is -0.393 e. The van der Waals surface area contributed by atoms with Gasteiger partial charge in [-0.2, -0.15) is 0 Å². The van der Waals surface area contributed by atoms with Crippen LogP contribution in [-0.2, 0) is 11.3 Å². The molecule has 1 saturated carbocycles. The summed E-state index contributed by atoms with van der Waals surface area (Å²) in [6, 6.07) is 7.11. The molecule has 1 aliphatic carbocycles. The Morgan fingerprint density at radius 3 is 2.78 bits per heavy atom. The van der Waals surface area contributed by atoms with Gasteiger partial charge in [-0.3, -0.25) is 9.69 Å². The Morgan fingerprint density at radius 1 is 1.27 bits per heavy atom. The molecule has 1 amide bonds. The van der Waals surface area contributed by atoms with E-state index in [1.54, 1.807) is 17.2 Å². The molecule has 1 aromatic carbocycles. The number of benzene rings is 1. The van der Waals surface area contributed by atoms with Crippen molar-refractivity contribution in [2.45, 2.75) is 45.4 Å². The van der Waals surface area contributed by atoms with E-state index in [2.05, 4.69) is 39.7 Å². The topological polar surface area (TPSA) is 75.7 Å². The van der Waals surface area contributed by atoms with Gasteiger partial charge in [-0.25, -0.2) is 9.37 Å². The zero-order chi connectivity index (χ0) is 26.1. The van der Waals surface area contributed by atoms with E-state index < -0.39 is 0 Å². The van der Waals surface area contributed by atoms with Crippen LogP contribution >= 0.6 is 0 Å². The van der Waals surface area contributed by atoms with Gasteiger partial charge in [0.15, 0.2) is 0 Å². The van der Waals surface area contributed by atoms with Crippen LogP contribution in [0.4, 0.5) is 10.1 Å². The highest BCUT2D eigenvalue weighted by Crippen LogP contribution is 2.46. The lowest BCUT2D eigenvalue weighted by Crippen LogP contribution is -2.51. The molecule has 0 saturated heterocycles. The number of rotatable bonds is 4. The van der Waals surface area contributed by atoms with Gasteiger partial charge >= 0.3 is 0 Å². The molecule has 8 heteroatoms. The molecule has 3 aliphatic rings. The smallest absolute Gasteiger partial charge is 0.236 e. The van der Waals surface area contributed by atoms with Crippen LogP contribution < -0.4 is 4.90 Å². The van der Waals surface area contributed by atoms with Crippen LogP contribution in [0.1, 0.15) is 37.9 Å². The van der Waals surface area contributed by atoms with Gasteiger partial charge in [0.05, 0.1) is 12.6 Å². The number of H-pyrrole nitrogens is 1. The predicted octanol–water partition coefficient (Wildman–Crippen LogP) is 4.03. The van der Waals surface area contributed by atoms with Gasteiger partial charge in [0, 0.05) is 79.3 Å². The van der Waals surface area contributed by atoms with E-state index in [1.807, 2.05) is 26.2 Å². The number of hydrogen-bond acceptors (Lipinski definition) is 5. The number of likely N-dealkylation sites (N-methyl/N-ethyl adjacent to an activating group) is 1. The van der Waals surface area contributed by atoms with E-state index in [9.17, 15) is 14.3 Å². The van der Waals surface area contributed by atoms with E-state index in [-0.39, 0.29) is 29.3 Å². The molecule has 4 heterocycles. The standard InChI is InChI=1S/C29H34FN5O2/c1-29(2)16-35(15-25(37)34(4)18-12-19(36)13-18)10-8-23(29)27-22-14-33(3)24-6-5-17(30)11-21(24)20-7-9-31-28(32-27)26(20)22/h5-9,11,18-19,36H,10,12-16H2,1-4H3,(H,31,32). The first-order chi connectivity index (χ1) is 17.6. The number of aromatic nitrogens is 2. The summed E-state index contributed by atoms with van der Waals surface area (Å²) in [6.45, 7) is 6.92. The largest absolute Gasteiger partial charge is 0.393 e. The Labute approximate surface area is 216 Å². The van der Waals surface area contributed by atoms with Crippen LogP contribution in [0.25, 0.3) is 27.7 Å². The summed E-state index contributed by atoms with van der Waals surface area (Å²) in [5.74, 6) is -0.150. The highest BCUT2D eigenvalue weighted by molar-refractivity contribution is 6.03. The van der Waals surface area contributed by atoms with Crippen molar-refractivity contribution in [3.05, 3.63) is 53.6 Å². The van der Waals surface area contributed by atoms with Crippen molar-refractivity contribution in [3.8, 4) is 11.1 Å². The molecular weight excluding hydrogens is 469 g/mol. The molecule has 0 spiro atoms. The van der Waals surface area contributed by atoms with E-state index in [4.69, 9.17) is 0 Å². The Bertz CT molecular complexity index is 1420. The van der Waals surface area contributed by atoms with Crippen molar-refractivity contribution in [1.82, 2.24) is 19.8 Å². The quantitative estimate of drug-likeness (QED) is 0.563. The third kappa shape index (κ3) is 4.03. The normalized spacial score (nSPS) is 22.8. The fraction of sp³-hybridized carbons (Fsp3) is 0.448. The minimum atomic E-state index is -0.276. The number of halogens is 1. The SMILES string of the molecule is CN1Cc2c(C3=CCN(CC(=O)N(C)C4CC(O)C4)CC3(C)C)[nH]c3nccc(c23)-c2cc(F)ccc21. The number of fused-ring (bicyclic) bond motifs is 2. The van der Waals surface area contributed by atoms with Crippen molar-refractivity contribution >= 4 is 28.2 Å². The van der Waals surface area contributed by atoms with Crippen molar-refractivity contribution in [2.24, 2.45) is 5.41 Å². The maximum atomic E-state index is 14.3.